The highest BCUT2D eigenvalue weighted by molar-refractivity contribution is 5.77. The van der Waals surface area contributed by atoms with Gasteiger partial charge in [0.2, 0.25) is 11.8 Å². The largest absolute Gasteiger partial charge is 0.369 e. The molecule has 1 amide bonds. The van der Waals surface area contributed by atoms with Crippen molar-refractivity contribution in [2.75, 3.05) is 11.4 Å². The third-order valence-corrected chi connectivity index (χ3v) is 3.60. The zero-order valence-electron chi connectivity index (χ0n) is 12.0. The Balaban J connectivity index is 2.19. The second kappa shape index (κ2) is 4.83. The summed E-state index contributed by atoms with van der Waals surface area (Å²) in [5, 5.41) is 4.04. The van der Waals surface area contributed by atoms with Crippen molar-refractivity contribution in [1.29, 1.82) is 0 Å². The standard InChI is InChI=1S/C13H22N4O2/c1-8-5-6-9(10(14)18)7-17(8)12-15-11(19-16-12)13(2,3)4/h8-9H,5-7H2,1-4H3,(H2,14,18)/t8-,9-/m0/s1. The van der Waals surface area contributed by atoms with E-state index in [1.54, 1.807) is 0 Å². The highest BCUT2D eigenvalue weighted by atomic mass is 16.5. The van der Waals surface area contributed by atoms with Crippen molar-refractivity contribution in [1.82, 2.24) is 10.1 Å². The molecule has 0 unspecified atom stereocenters. The molecule has 0 saturated carbocycles. The van der Waals surface area contributed by atoms with Crippen LogP contribution in [0.1, 0.15) is 46.4 Å². The summed E-state index contributed by atoms with van der Waals surface area (Å²) >= 11 is 0. The highest BCUT2D eigenvalue weighted by Crippen LogP contribution is 2.28. The quantitative estimate of drug-likeness (QED) is 0.875. The van der Waals surface area contributed by atoms with E-state index in [4.69, 9.17) is 10.3 Å². The summed E-state index contributed by atoms with van der Waals surface area (Å²) in [5.41, 5.74) is 5.22. The fraction of sp³-hybridized carbons (Fsp3) is 0.769. The zero-order valence-corrected chi connectivity index (χ0v) is 12.0. The minimum absolute atomic E-state index is 0.132. The molecule has 1 aromatic rings. The molecule has 1 aromatic heterocycles. The van der Waals surface area contributed by atoms with E-state index >= 15 is 0 Å². The molecule has 2 atom stereocenters. The van der Waals surface area contributed by atoms with Crippen LogP contribution in [-0.4, -0.2) is 28.6 Å². The van der Waals surface area contributed by atoms with Crippen LogP contribution >= 0.6 is 0 Å². The average Bonchev–Trinajstić information content (AvgIpc) is 2.78. The lowest BCUT2D eigenvalue weighted by atomic mass is 9.93. The number of piperidine rings is 1. The number of primary amides is 1. The van der Waals surface area contributed by atoms with E-state index in [1.807, 2.05) is 25.7 Å². The van der Waals surface area contributed by atoms with E-state index in [9.17, 15) is 4.79 Å². The molecule has 0 bridgehead atoms. The first kappa shape index (κ1) is 13.8. The molecule has 0 aliphatic carbocycles. The van der Waals surface area contributed by atoms with Gasteiger partial charge in [-0.2, -0.15) is 4.98 Å². The molecule has 0 spiro atoms. The Bertz CT molecular complexity index is 463. The number of aromatic nitrogens is 2. The van der Waals surface area contributed by atoms with Crippen molar-refractivity contribution in [3.05, 3.63) is 5.89 Å². The fourth-order valence-corrected chi connectivity index (χ4v) is 2.25. The first-order valence-electron chi connectivity index (χ1n) is 6.69. The van der Waals surface area contributed by atoms with Crippen LogP contribution in [0.5, 0.6) is 0 Å². The minimum Gasteiger partial charge on any atom is -0.369 e. The third-order valence-electron chi connectivity index (χ3n) is 3.60. The first-order valence-corrected chi connectivity index (χ1v) is 6.69. The predicted octanol–water partition coefficient (Wildman–Crippen LogP) is 1.46. The van der Waals surface area contributed by atoms with E-state index in [-0.39, 0.29) is 17.2 Å². The van der Waals surface area contributed by atoms with Crippen molar-refractivity contribution >= 4 is 11.9 Å². The zero-order chi connectivity index (χ0) is 14.2. The molecular formula is C13H22N4O2. The minimum atomic E-state index is -0.253. The molecule has 106 valence electrons. The molecule has 1 saturated heterocycles. The Morgan fingerprint density at radius 1 is 1.42 bits per heavy atom. The molecular weight excluding hydrogens is 244 g/mol. The molecule has 2 rings (SSSR count). The van der Waals surface area contributed by atoms with Crippen molar-refractivity contribution in [2.24, 2.45) is 11.7 Å². The fourth-order valence-electron chi connectivity index (χ4n) is 2.25. The van der Waals surface area contributed by atoms with E-state index in [1.165, 1.54) is 0 Å². The van der Waals surface area contributed by atoms with Gasteiger partial charge in [0, 0.05) is 18.0 Å². The van der Waals surface area contributed by atoms with Gasteiger partial charge in [0.05, 0.1) is 5.92 Å². The molecule has 6 heteroatoms. The summed E-state index contributed by atoms with van der Waals surface area (Å²) in [6.07, 6.45) is 1.74. The maximum Gasteiger partial charge on any atom is 0.266 e. The number of carbonyl (C=O) groups is 1. The summed E-state index contributed by atoms with van der Waals surface area (Å²) in [4.78, 5) is 17.8. The number of nitrogens with zero attached hydrogens (tertiary/aromatic N) is 3. The molecule has 0 radical (unpaired) electrons. The van der Waals surface area contributed by atoms with Gasteiger partial charge in [-0.25, -0.2) is 0 Å². The van der Waals surface area contributed by atoms with Gasteiger partial charge in [0.25, 0.3) is 5.95 Å². The summed E-state index contributed by atoms with van der Waals surface area (Å²) in [5.74, 6) is 0.781. The van der Waals surface area contributed by atoms with Gasteiger partial charge >= 0.3 is 0 Å². The molecule has 2 heterocycles. The molecule has 1 fully saturated rings. The summed E-state index contributed by atoms with van der Waals surface area (Å²) in [7, 11) is 0. The molecule has 0 aromatic carbocycles. The van der Waals surface area contributed by atoms with Crippen LogP contribution in [0.2, 0.25) is 0 Å². The van der Waals surface area contributed by atoms with E-state index in [2.05, 4.69) is 17.1 Å². The van der Waals surface area contributed by atoms with Gasteiger partial charge in [-0.3, -0.25) is 4.79 Å². The average molecular weight is 266 g/mol. The summed E-state index contributed by atoms with van der Waals surface area (Å²) in [6.45, 7) is 8.74. The second-order valence-electron chi connectivity index (χ2n) is 6.33. The van der Waals surface area contributed by atoms with E-state index < -0.39 is 0 Å². The SMILES string of the molecule is C[C@H]1CC[C@H](C(N)=O)CN1c1noc(C(C)(C)C)n1. The van der Waals surface area contributed by atoms with Crippen molar-refractivity contribution in [3.8, 4) is 0 Å². The van der Waals surface area contributed by atoms with Gasteiger partial charge in [-0.15, -0.1) is 0 Å². The Kier molecular flexibility index (Phi) is 3.52. The van der Waals surface area contributed by atoms with Crippen LogP contribution in [0.25, 0.3) is 0 Å². The van der Waals surface area contributed by atoms with Gasteiger partial charge < -0.3 is 15.2 Å². The van der Waals surface area contributed by atoms with Crippen molar-refractivity contribution in [3.63, 3.8) is 0 Å². The molecule has 1 aliphatic heterocycles. The Morgan fingerprint density at radius 2 is 2.11 bits per heavy atom. The van der Waals surface area contributed by atoms with Crippen LogP contribution < -0.4 is 10.6 Å². The topological polar surface area (TPSA) is 85.3 Å². The smallest absolute Gasteiger partial charge is 0.266 e. The lowest BCUT2D eigenvalue weighted by molar-refractivity contribution is -0.122. The summed E-state index contributed by atoms with van der Waals surface area (Å²) < 4.78 is 5.31. The maximum atomic E-state index is 11.3. The van der Waals surface area contributed by atoms with E-state index in [0.29, 0.717) is 24.4 Å². The molecule has 19 heavy (non-hydrogen) atoms. The first-order chi connectivity index (χ1) is 8.79. The third kappa shape index (κ3) is 2.88. The summed E-state index contributed by atoms with van der Waals surface area (Å²) in [6, 6.07) is 0.293. The number of hydrogen-bond donors (Lipinski definition) is 1. The number of rotatable bonds is 2. The molecule has 1 aliphatic rings. The van der Waals surface area contributed by atoms with E-state index in [0.717, 1.165) is 12.8 Å². The van der Waals surface area contributed by atoms with Gasteiger partial charge in [0.1, 0.15) is 0 Å². The predicted molar refractivity (Wildman–Crippen MR) is 71.7 cm³/mol. The van der Waals surface area contributed by atoms with Crippen LogP contribution in [0.3, 0.4) is 0 Å². The van der Waals surface area contributed by atoms with Crippen LogP contribution in [0.15, 0.2) is 4.52 Å². The van der Waals surface area contributed by atoms with Gasteiger partial charge in [0.15, 0.2) is 0 Å². The van der Waals surface area contributed by atoms with Crippen molar-refractivity contribution < 1.29 is 9.32 Å². The Hall–Kier alpha value is -1.59. The lowest BCUT2D eigenvalue weighted by Crippen LogP contribution is -2.46. The number of nitrogens with two attached hydrogens (primary N) is 1. The number of anilines is 1. The number of amides is 1. The normalized spacial score (nSPS) is 24.5. The maximum absolute atomic E-state index is 11.3. The Morgan fingerprint density at radius 3 is 2.63 bits per heavy atom. The number of hydrogen-bond acceptors (Lipinski definition) is 5. The number of carbonyl (C=O) groups excluding carboxylic acids is 1. The van der Waals surface area contributed by atoms with Crippen molar-refractivity contribution in [2.45, 2.75) is 52.0 Å². The second-order valence-corrected chi connectivity index (χ2v) is 6.33. The molecule has 6 nitrogen and oxygen atoms in total. The van der Waals surface area contributed by atoms with Gasteiger partial charge in [-0.05, 0) is 24.9 Å². The van der Waals surface area contributed by atoms with Gasteiger partial charge in [-0.1, -0.05) is 20.8 Å². The van der Waals surface area contributed by atoms with Crippen LogP contribution in [0, 0.1) is 5.92 Å². The lowest BCUT2D eigenvalue weighted by Gasteiger charge is -2.35. The van der Waals surface area contributed by atoms with Crippen LogP contribution in [-0.2, 0) is 10.2 Å². The van der Waals surface area contributed by atoms with Crippen LogP contribution in [0.4, 0.5) is 5.95 Å². The monoisotopic (exact) mass is 266 g/mol. The highest BCUT2D eigenvalue weighted by Gasteiger charge is 2.32. The Labute approximate surface area is 113 Å². The molecule has 2 N–H and O–H groups in total.